The number of thiazole rings is 2. The van der Waals surface area contributed by atoms with Crippen LogP contribution in [0, 0.1) is 13.8 Å². The van der Waals surface area contributed by atoms with Crippen molar-refractivity contribution < 1.29 is 0 Å². The fraction of sp³-hybridized carbons (Fsp3) is 0.0200. The largest absolute Gasteiger partial charge is 0.236 e. The van der Waals surface area contributed by atoms with Crippen LogP contribution >= 0.6 is 22.7 Å². The first kappa shape index (κ1) is 62.3. The molecule has 0 atom stereocenters. The summed E-state index contributed by atoms with van der Waals surface area (Å²) in [6.45, 7) is 4.28. The minimum atomic E-state index is 1.04. The van der Waals surface area contributed by atoms with E-state index in [1.165, 1.54) is 174 Å². The summed E-state index contributed by atoms with van der Waals surface area (Å²) in [4.78, 5) is 10.1. The van der Waals surface area contributed by atoms with E-state index in [1.807, 2.05) is 0 Å². The Bertz CT molecular complexity index is 6100. The molecule has 0 aliphatic carbocycles. The van der Waals surface area contributed by atoms with E-state index in [9.17, 15) is 0 Å². The average Bonchev–Trinajstić information content (AvgIpc) is 0.750. The van der Waals surface area contributed by atoms with E-state index in [2.05, 4.69) is 378 Å². The van der Waals surface area contributed by atoms with Crippen molar-refractivity contribution in [3.8, 4) is 110 Å². The zero-order valence-electron chi connectivity index (χ0n) is 57.4. The molecular weight excluding hydrogens is 1290 g/mol. The van der Waals surface area contributed by atoms with Gasteiger partial charge in [0.05, 0.1) is 20.4 Å². The van der Waals surface area contributed by atoms with Crippen LogP contribution in [0.2, 0.25) is 0 Å². The van der Waals surface area contributed by atoms with Crippen LogP contribution in [0.4, 0.5) is 0 Å². The van der Waals surface area contributed by atoms with Gasteiger partial charge in [-0.25, -0.2) is 9.97 Å². The zero-order valence-corrected chi connectivity index (χ0v) is 59.0. The second-order valence-electron chi connectivity index (χ2n) is 27.0. The lowest BCUT2D eigenvalue weighted by Crippen LogP contribution is -1.97. The Balaban J connectivity index is 0.000000154. The number of benzene rings is 18. The predicted molar refractivity (Wildman–Crippen MR) is 448 cm³/mol. The molecule has 104 heavy (non-hydrogen) atoms. The second-order valence-corrected chi connectivity index (χ2v) is 29.1. The first-order chi connectivity index (χ1) is 51.5. The van der Waals surface area contributed by atoms with Gasteiger partial charge in [0.1, 0.15) is 10.0 Å². The number of rotatable bonds is 10. The summed E-state index contributed by atoms with van der Waals surface area (Å²) in [6, 6.07) is 133. The van der Waals surface area contributed by atoms with Gasteiger partial charge in [-0.3, -0.25) is 0 Å². The Labute approximate surface area is 612 Å². The maximum absolute atomic E-state index is 5.06. The van der Waals surface area contributed by atoms with Crippen LogP contribution in [0.5, 0.6) is 0 Å². The van der Waals surface area contributed by atoms with Crippen LogP contribution < -0.4 is 0 Å². The van der Waals surface area contributed by atoms with Crippen molar-refractivity contribution in [3.63, 3.8) is 0 Å². The van der Waals surface area contributed by atoms with E-state index in [1.54, 1.807) is 22.7 Å². The van der Waals surface area contributed by atoms with E-state index in [0.29, 0.717) is 0 Å². The molecule has 2 heterocycles. The van der Waals surface area contributed by atoms with Crippen molar-refractivity contribution >= 4 is 108 Å². The molecule has 4 heteroatoms. The lowest BCUT2D eigenvalue weighted by molar-refractivity contribution is 1.45. The maximum atomic E-state index is 5.06. The molecule has 20 rings (SSSR count). The summed E-state index contributed by atoms with van der Waals surface area (Å²) in [7, 11) is 0. The van der Waals surface area contributed by atoms with E-state index in [0.717, 1.165) is 32.2 Å². The molecule has 0 saturated heterocycles. The van der Waals surface area contributed by atoms with E-state index < -0.39 is 0 Å². The fourth-order valence-electron chi connectivity index (χ4n) is 16.2. The van der Waals surface area contributed by atoms with Gasteiger partial charge in [-0.2, -0.15) is 0 Å². The van der Waals surface area contributed by atoms with Crippen LogP contribution in [0.3, 0.4) is 0 Å². The highest BCUT2D eigenvalue weighted by atomic mass is 32.1. The SMILES string of the molecule is Cc1ccc2nc(-c3ccc(-c4c5ccccc5c(-c5ccc(-c6nc7ccc(C)cc7s6)cc5)c5c(-c6ccccc6)c6ccccc6c(-c6ccccc6)c45)cc3)sc2c1.c1ccc(-c2c3ccccc3c(-c3ccccc3)c3c(-c4ccccc4)c4ccccc4c(-c4ccccc4)c23)cc1. The highest BCUT2D eigenvalue weighted by Crippen LogP contribution is 2.56. The number of aromatic nitrogens is 2. The lowest BCUT2D eigenvalue weighted by Gasteiger charge is -2.25. The van der Waals surface area contributed by atoms with Crippen molar-refractivity contribution in [2.75, 3.05) is 0 Å². The average molecular weight is 1360 g/mol. The van der Waals surface area contributed by atoms with E-state index in [-0.39, 0.29) is 0 Å². The molecule has 2 nitrogen and oxygen atoms in total. The molecule has 0 N–H and O–H groups in total. The van der Waals surface area contributed by atoms with Gasteiger partial charge in [-0.15, -0.1) is 22.7 Å². The second kappa shape index (κ2) is 26.4. The van der Waals surface area contributed by atoms with Gasteiger partial charge in [-0.1, -0.05) is 340 Å². The lowest BCUT2D eigenvalue weighted by atomic mass is 9.77. The third-order valence-corrected chi connectivity index (χ3v) is 22.8. The minimum absolute atomic E-state index is 1.04. The molecule has 0 bridgehead atoms. The third kappa shape index (κ3) is 10.9. The number of nitrogens with zero attached hydrogens (tertiary/aromatic N) is 2. The van der Waals surface area contributed by atoms with Crippen LogP contribution in [-0.2, 0) is 0 Å². The first-order valence-corrected chi connectivity index (χ1v) is 37.2. The van der Waals surface area contributed by atoms with Gasteiger partial charge in [0.15, 0.2) is 0 Å². The topological polar surface area (TPSA) is 25.8 Å². The molecule has 2 aromatic heterocycles. The molecule has 18 aromatic carbocycles. The van der Waals surface area contributed by atoms with Crippen molar-refractivity contribution in [3.05, 3.63) is 375 Å². The molecule has 0 unspecified atom stereocenters. The highest BCUT2D eigenvalue weighted by molar-refractivity contribution is 7.22. The summed E-state index contributed by atoms with van der Waals surface area (Å²) in [5.74, 6) is 0. The molecule has 0 saturated carbocycles. The molecule has 0 amide bonds. The third-order valence-electron chi connectivity index (χ3n) is 20.7. The standard InChI is InChI=1S/C58H38N2S2.C42H28/c1-35-21-31-47-49(33-35)61-57(59-47)41-27-23-39(24-28-41)53-45-19-11-12-20-46(45)54(40-25-29-42(30-26-40)58-60-48-32-22-36(2)34-50(48)62-58)56-52(38-15-7-4-8-16-38)44-18-10-9-17-43(44)51(55(53)56)37-13-5-3-6-14-37;1-5-17-29(18-6-1)37-33-25-13-14-26-34(33)39(31-21-9-3-10-22-31)42-40(32-23-11-4-12-24-32)36-28-16-15-27-35(36)38(41(37)42)30-19-7-2-8-20-30/h3-34H,1-2H3;1-28H. The van der Waals surface area contributed by atoms with Crippen molar-refractivity contribution in [1.82, 2.24) is 9.97 Å². The molecular formula is C100H66N2S2. The number of hydrogen-bond donors (Lipinski definition) is 0. The van der Waals surface area contributed by atoms with Crippen LogP contribution in [0.15, 0.2) is 364 Å². The van der Waals surface area contributed by atoms with E-state index in [4.69, 9.17) is 9.97 Å². The van der Waals surface area contributed by atoms with Crippen molar-refractivity contribution in [1.29, 1.82) is 0 Å². The Morgan fingerprint density at radius 1 is 0.183 bits per heavy atom. The van der Waals surface area contributed by atoms with Gasteiger partial charge >= 0.3 is 0 Å². The molecule has 0 spiro atoms. The monoisotopic (exact) mass is 1360 g/mol. The van der Waals surface area contributed by atoms with Gasteiger partial charge in [0, 0.05) is 11.1 Å². The Morgan fingerprint density at radius 3 is 0.577 bits per heavy atom. The molecule has 0 fully saturated rings. The Hall–Kier alpha value is -12.7. The normalized spacial score (nSPS) is 11.6. The number of aryl methyl sites for hydroxylation is 2. The van der Waals surface area contributed by atoms with Gasteiger partial charge < -0.3 is 0 Å². The summed E-state index contributed by atoms with van der Waals surface area (Å²) in [6.07, 6.45) is 0. The van der Waals surface area contributed by atoms with Crippen molar-refractivity contribution in [2.45, 2.75) is 13.8 Å². The molecule has 0 aliphatic rings. The first-order valence-electron chi connectivity index (χ1n) is 35.6. The highest BCUT2D eigenvalue weighted by Gasteiger charge is 2.29. The Morgan fingerprint density at radius 2 is 0.365 bits per heavy atom. The summed E-state index contributed by atoms with van der Waals surface area (Å²) in [5.41, 5.74) is 26.5. The van der Waals surface area contributed by atoms with Crippen LogP contribution in [-0.4, -0.2) is 9.97 Å². The molecule has 20 aromatic rings. The van der Waals surface area contributed by atoms with Crippen molar-refractivity contribution in [2.24, 2.45) is 0 Å². The molecule has 0 aliphatic heterocycles. The number of hydrogen-bond acceptors (Lipinski definition) is 4. The predicted octanol–water partition coefficient (Wildman–Crippen LogP) is 28.8. The quantitative estimate of drug-likeness (QED) is 0.128. The van der Waals surface area contributed by atoms with Gasteiger partial charge in [0.2, 0.25) is 0 Å². The fourth-order valence-corrected chi connectivity index (χ4v) is 18.3. The Kier molecular flexibility index (Phi) is 15.8. The van der Waals surface area contributed by atoms with E-state index >= 15 is 0 Å². The summed E-state index contributed by atoms with van der Waals surface area (Å²) >= 11 is 3.52. The van der Waals surface area contributed by atoms with Gasteiger partial charge in [0.25, 0.3) is 0 Å². The minimum Gasteiger partial charge on any atom is -0.236 e. The summed E-state index contributed by atoms with van der Waals surface area (Å²) < 4.78 is 2.43. The van der Waals surface area contributed by atoms with Crippen LogP contribution in [0.25, 0.3) is 195 Å². The number of fused-ring (bicyclic) bond motifs is 8. The zero-order chi connectivity index (χ0) is 69.2. The van der Waals surface area contributed by atoms with Gasteiger partial charge in [-0.05, 0) is 203 Å². The molecule has 488 valence electrons. The maximum Gasteiger partial charge on any atom is 0.124 e. The smallest absolute Gasteiger partial charge is 0.124 e. The summed E-state index contributed by atoms with van der Waals surface area (Å²) in [5, 5.41) is 17.1. The van der Waals surface area contributed by atoms with Crippen LogP contribution in [0.1, 0.15) is 11.1 Å². The molecule has 0 radical (unpaired) electrons.